The van der Waals surface area contributed by atoms with E-state index in [2.05, 4.69) is 16.0 Å². The lowest BCUT2D eigenvalue weighted by atomic mass is 9.93. The SMILES string of the molecule is CC(=O)N[C@@H]1[C@@H](O)[C@H](O[C@@H]2O[C@H](CO)[C@@H](O[C@@H]3O[C@H](CO[C@H]4O[C@H](CO[C@H]5O[C@H](CO)[C@@H](O)[C@H](O)[C@@H]5O[C@H]5O[C@H](CO)[C@@H](O)[C@H](O)[C@@H]5O)[C@@H](O[C@H]5O[C@H](CO)[C@@H](O)[C@H](O)[C@H]5NC(C)=O)[C@H](O[C@H]5O[C@H](CO)[C@@H](O)[C@H](O)[C@@H]5O[C@H]5O[C@H](CO)[C@@H](O)[C@H](O)[C@@H]5O)[C@@H]4O)[C@@H](O)[C@H](O[C@H]4O[C@H](CO)[C@@H](O)[C@H](O)[C@@H]4O[C@H]4O[C@H](CO)[C@@H](O)[C@H](O)[C@@H]4O[C@H]4O[C@H](CO)[C@@H](O)[C@H](O)[C@@H]4O)[C@@H]3O)[C@H](O)[C@H]2NC(C)=O)[C@@H](CO)O[C@H]1O. The molecule has 0 saturated carbocycles. The third-order valence-corrected chi connectivity index (χ3v) is 26.3. The van der Waals surface area contributed by atoms with Crippen molar-refractivity contribution in [3.8, 4) is 0 Å². The first kappa shape index (κ1) is 117. The molecule has 12 aliphatic heterocycles. The molecule has 0 aromatic heterocycles. The first-order valence-electron chi connectivity index (χ1n) is 45.2. The number of aliphatic hydroxyl groups is 35. The van der Waals surface area contributed by atoms with Gasteiger partial charge in [-0.2, -0.15) is 0 Å². The summed E-state index contributed by atoms with van der Waals surface area (Å²) in [5.74, 6) is -2.92. The second kappa shape index (κ2) is 51.0. The van der Waals surface area contributed by atoms with Gasteiger partial charge in [-0.05, 0) is 0 Å². The summed E-state index contributed by atoms with van der Waals surface area (Å²) in [4.78, 5) is 38.8. The highest BCUT2D eigenvalue weighted by Gasteiger charge is 2.64. The third kappa shape index (κ3) is 25.2. The molecule has 12 heterocycles. The van der Waals surface area contributed by atoms with Crippen molar-refractivity contribution in [3.05, 3.63) is 0 Å². The molecule has 0 aromatic carbocycles. The van der Waals surface area contributed by atoms with Gasteiger partial charge in [-0.25, -0.2) is 0 Å². The van der Waals surface area contributed by atoms with E-state index in [-0.39, 0.29) is 0 Å². The summed E-state index contributed by atoms with van der Waals surface area (Å²) < 4.78 is 139. The van der Waals surface area contributed by atoms with E-state index < -0.39 is 465 Å². The van der Waals surface area contributed by atoms with Crippen molar-refractivity contribution in [2.24, 2.45) is 0 Å². The zero-order chi connectivity index (χ0) is 104. The topological polar surface area (TPSA) is 1010 Å². The van der Waals surface area contributed by atoms with E-state index in [1.54, 1.807) is 0 Å². The van der Waals surface area contributed by atoms with Crippen LogP contribution in [-0.4, -0.2) is 644 Å². The molecule has 12 rings (SSSR count). The molecule has 60 atom stereocenters. The number of nitrogens with one attached hydrogen (secondary N) is 3. The molecule has 0 spiro atoms. The predicted molar refractivity (Wildman–Crippen MR) is 430 cm³/mol. The van der Waals surface area contributed by atoms with Crippen LogP contribution in [0, 0.1) is 0 Å². The van der Waals surface area contributed by atoms with Crippen molar-refractivity contribution in [2.75, 3.05) is 79.3 Å². The molecule has 38 N–H and O–H groups in total. The Morgan fingerprint density at radius 3 is 0.796 bits per heavy atom. The molecule has 12 saturated heterocycles. The lowest BCUT2D eigenvalue weighted by Gasteiger charge is -2.51. The van der Waals surface area contributed by atoms with Crippen LogP contribution in [0.15, 0.2) is 0 Å². The highest BCUT2D eigenvalue weighted by molar-refractivity contribution is 5.74. The molecule has 3 amide bonds. The fourth-order valence-corrected chi connectivity index (χ4v) is 18.3. The van der Waals surface area contributed by atoms with Crippen molar-refractivity contribution in [1.29, 1.82) is 0 Å². The highest BCUT2D eigenvalue weighted by atomic mass is 16.8. The molecule has 0 aromatic rings. The average Bonchev–Trinajstić information content (AvgIpc) is 0.759. The first-order chi connectivity index (χ1) is 67.3. The fraction of sp³-hybridized carbons (Fsp3) is 0.962. The van der Waals surface area contributed by atoms with Gasteiger partial charge in [0.1, 0.15) is 293 Å². The van der Waals surface area contributed by atoms with E-state index in [0.717, 1.165) is 20.8 Å². The van der Waals surface area contributed by atoms with Crippen LogP contribution < -0.4 is 16.0 Å². The summed E-state index contributed by atoms with van der Waals surface area (Å²) in [5, 5.41) is 402. The third-order valence-electron chi connectivity index (χ3n) is 26.3. The number of carbonyl (C=O) groups excluding carboxylic acids is 3. The summed E-state index contributed by atoms with van der Waals surface area (Å²) in [7, 11) is 0. The normalized spacial score (nSPS) is 51.0. The second-order valence-electron chi connectivity index (χ2n) is 35.9. The van der Waals surface area contributed by atoms with Crippen LogP contribution in [0.5, 0.6) is 0 Å². The van der Waals surface area contributed by atoms with Gasteiger partial charge in [-0.1, -0.05) is 0 Å². The maximum atomic E-state index is 13.4. The van der Waals surface area contributed by atoms with Crippen LogP contribution in [0.1, 0.15) is 20.8 Å². The Bertz CT molecular complexity index is 3860. The van der Waals surface area contributed by atoms with Crippen LogP contribution in [0.2, 0.25) is 0 Å². The summed E-state index contributed by atoms with van der Waals surface area (Å²) in [6.45, 7) is -12.1. The number of rotatable bonds is 37. The van der Waals surface area contributed by atoms with E-state index in [1.165, 1.54) is 0 Å². The number of hydrogen-bond acceptors (Lipinski definition) is 61. The molecule has 64 heteroatoms. The van der Waals surface area contributed by atoms with Gasteiger partial charge in [-0.15, -0.1) is 0 Å². The Morgan fingerprint density at radius 1 is 0.183 bits per heavy atom. The monoisotopic (exact) mass is 2090 g/mol. The van der Waals surface area contributed by atoms with Crippen molar-refractivity contribution in [3.63, 3.8) is 0 Å². The Morgan fingerprint density at radius 2 is 0.415 bits per heavy atom. The Labute approximate surface area is 801 Å². The number of aliphatic hydroxyl groups excluding tert-OH is 35. The van der Waals surface area contributed by atoms with Gasteiger partial charge in [0, 0.05) is 20.8 Å². The fourth-order valence-electron chi connectivity index (χ4n) is 18.3. The van der Waals surface area contributed by atoms with Crippen molar-refractivity contribution in [2.45, 2.75) is 389 Å². The van der Waals surface area contributed by atoms with Crippen LogP contribution in [-0.2, 0) is 123 Å². The molecular weight excluding hydrogens is 1950 g/mol. The number of carbonyl (C=O) groups is 3. The summed E-state index contributed by atoms with van der Waals surface area (Å²) in [6, 6.07) is -5.87. The van der Waals surface area contributed by atoms with Gasteiger partial charge in [0.25, 0.3) is 0 Å². The Balaban J connectivity index is 0.972. The van der Waals surface area contributed by atoms with Crippen LogP contribution >= 0.6 is 0 Å². The minimum absolute atomic E-state index is 0.848. The summed E-state index contributed by atoms with van der Waals surface area (Å²) in [6.07, 6.45) is -131. The quantitative estimate of drug-likeness (QED) is 0.0275. The highest BCUT2D eigenvalue weighted by Crippen LogP contribution is 2.43. The minimum atomic E-state index is -2.83. The standard InChI is InChI=1S/C78H131N3O61/c1-16(92)79-31-44(105)58(27(12-90)122-67(31)119)134-69-33(81-18(3)94)45(106)59(28(13-91)131-69)135-74-56(117)61(137-76-66(52(113)41(102)24(9-87)128-76)142-78-65(51(112)40(101)26(11-89)130-78)141-73-55(116)48(109)37(98)22(7-85)126-73)42(103)29(132-74)14-120-70-57(118)62(138-77-64(50(111)39(100)25(10-88)129-77)140-72-54(115)47(108)36(97)21(6-84)125-72)60(136-68-32(80-17(2)93)43(104)34(95)19(4-82)123-68)30(133-70)15-121-75-63(49(110)38(99)23(8-86)127-75)139-71-53(114)46(107)35(96)20(5-83)124-71/h19-78,82-91,95-119H,4-15H2,1-3H3,(H,79,92)(H,80,93)(H,81,94)/t19-,20-,21-,22-,23-,24-,25-,26-,27-,28-,29-,30-,31-,32-,33-,34-,35-,36-,37-,38-,39-,40-,41-,42-,43-,44-,45-,46+,47+,48+,49+,50+,51+,52+,53+,54+,55+,56+,57+,58-,59-,60-,61+,62-,63+,64+,65+,66+,67-,68-,69+,70+,71-,72-,73-,74+,75+,76-,77-,78-/m1/s1. The number of ether oxygens (including phenoxy) is 23. The summed E-state index contributed by atoms with van der Waals surface area (Å²) in [5.41, 5.74) is 0. The number of amides is 3. The molecule has 0 aliphatic carbocycles. The molecule has 12 aliphatic rings. The minimum Gasteiger partial charge on any atom is -0.394 e. The zero-order valence-corrected chi connectivity index (χ0v) is 75.4. The molecule has 824 valence electrons. The van der Waals surface area contributed by atoms with Gasteiger partial charge in [0.2, 0.25) is 17.7 Å². The molecule has 64 nitrogen and oxygen atoms in total. The van der Waals surface area contributed by atoms with Gasteiger partial charge >= 0.3 is 0 Å². The Hall–Kier alpha value is -3.91. The van der Waals surface area contributed by atoms with Gasteiger partial charge in [-0.3, -0.25) is 14.4 Å². The van der Waals surface area contributed by atoms with Crippen LogP contribution in [0.4, 0.5) is 0 Å². The van der Waals surface area contributed by atoms with Crippen molar-refractivity contribution >= 4 is 17.7 Å². The van der Waals surface area contributed by atoms with E-state index >= 15 is 0 Å². The van der Waals surface area contributed by atoms with E-state index in [9.17, 15) is 193 Å². The zero-order valence-electron chi connectivity index (χ0n) is 75.4. The van der Waals surface area contributed by atoms with Crippen LogP contribution in [0.3, 0.4) is 0 Å². The molecular formula is C78H131N3O61. The lowest BCUT2D eigenvalue weighted by molar-refractivity contribution is -0.411. The van der Waals surface area contributed by atoms with Gasteiger partial charge in [0.15, 0.2) is 75.5 Å². The molecule has 142 heavy (non-hydrogen) atoms. The van der Waals surface area contributed by atoms with Gasteiger partial charge < -0.3 is 304 Å². The lowest BCUT2D eigenvalue weighted by Crippen LogP contribution is -2.70. The van der Waals surface area contributed by atoms with Crippen LogP contribution in [0.25, 0.3) is 0 Å². The molecule has 0 radical (unpaired) electrons. The maximum Gasteiger partial charge on any atom is 0.217 e. The first-order valence-corrected chi connectivity index (χ1v) is 45.2. The second-order valence-corrected chi connectivity index (χ2v) is 35.9. The molecule has 0 unspecified atom stereocenters. The predicted octanol–water partition coefficient (Wildman–Crippen LogP) is -26.7. The molecule has 12 fully saturated rings. The summed E-state index contributed by atoms with van der Waals surface area (Å²) >= 11 is 0. The Kier molecular flexibility index (Phi) is 41.9. The van der Waals surface area contributed by atoms with E-state index in [4.69, 9.17) is 109 Å². The number of hydrogen-bond donors (Lipinski definition) is 38. The smallest absolute Gasteiger partial charge is 0.217 e. The van der Waals surface area contributed by atoms with Crippen molar-refractivity contribution < 1.29 is 302 Å². The van der Waals surface area contributed by atoms with E-state index in [0.29, 0.717) is 0 Å². The van der Waals surface area contributed by atoms with Gasteiger partial charge in [0.05, 0.1) is 79.3 Å². The average molecular weight is 2090 g/mol. The largest absolute Gasteiger partial charge is 0.394 e. The molecule has 0 bridgehead atoms. The van der Waals surface area contributed by atoms with Crippen molar-refractivity contribution in [1.82, 2.24) is 16.0 Å². The maximum absolute atomic E-state index is 13.4. The van der Waals surface area contributed by atoms with E-state index in [1.807, 2.05) is 0 Å².